The summed E-state index contributed by atoms with van der Waals surface area (Å²) < 4.78 is 16.8. The van der Waals surface area contributed by atoms with Crippen molar-refractivity contribution in [2.45, 2.75) is 58.3 Å². The lowest BCUT2D eigenvalue weighted by molar-refractivity contribution is -0.159. The lowest BCUT2D eigenvalue weighted by atomic mass is 9.81. The first-order valence-corrected chi connectivity index (χ1v) is 7.98. The monoisotopic (exact) mass is 282 g/mol. The molecule has 0 N–H and O–H groups in total. The van der Waals surface area contributed by atoms with E-state index in [1.807, 2.05) is 6.92 Å². The lowest BCUT2D eigenvalue weighted by Crippen LogP contribution is -2.37. The maximum absolute atomic E-state index is 12.3. The molecule has 0 aromatic carbocycles. The van der Waals surface area contributed by atoms with Crippen LogP contribution in [0.5, 0.6) is 0 Å². The largest absolute Gasteiger partial charge is 0.465 e. The van der Waals surface area contributed by atoms with Crippen LogP contribution < -0.4 is 0 Å². The Balaban J connectivity index is 1.48. The van der Waals surface area contributed by atoms with E-state index in [9.17, 15) is 4.79 Å². The molecule has 7 atom stereocenters. The summed E-state index contributed by atoms with van der Waals surface area (Å²) in [5.74, 6) is 1.30. The van der Waals surface area contributed by atoms with Crippen molar-refractivity contribution in [3.63, 3.8) is 0 Å². The van der Waals surface area contributed by atoms with Gasteiger partial charge in [0.05, 0.1) is 37.4 Å². The molecule has 2 saturated heterocycles. The van der Waals surface area contributed by atoms with E-state index in [0.717, 1.165) is 19.3 Å². The van der Waals surface area contributed by atoms with Crippen LogP contribution in [0.25, 0.3) is 0 Å². The van der Waals surface area contributed by atoms with Gasteiger partial charge in [-0.2, -0.15) is 0 Å². The van der Waals surface area contributed by atoms with Gasteiger partial charge < -0.3 is 14.2 Å². The second-order valence-electron chi connectivity index (χ2n) is 7.02. The minimum atomic E-state index is -0.0290. The van der Waals surface area contributed by atoms with Crippen LogP contribution in [0.4, 0.5) is 0 Å². The summed E-state index contributed by atoms with van der Waals surface area (Å²) in [6, 6.07) is 0. The standard InChI is InChI=1S/C16H26O4/c1-9-4-14-15(20-14)6-12(9)8-19-16(17)13-5-11(3)18-7-10(13)2/h9-15H,4-8H2,1-3H3/t9-,10+,11-,12-,13-,14+,15-/m1/s1. The number of hydrogen-bond acceptors (Lipinski definition) is 4. The molecule has 0 spiro atoms. The fraction of sp³-hybridized carbons (Fsp3) is 0.938. The van der Waals surface area contributed by atoms with Gasteiger partial charge in [0, 0.05) is 0 Å². The molecule has 0 radical (unpaired) electrons. The predicted octanol–water partition coefficient (Wildman–Crippen LogP) is 2.40. The van der Waals surface area contributed by atoms with Gasteiger partial charge in [-0.25, -0.2) is 0 Å². The van der Waals surface area contributed by atoms with Gasteiger partial charge in [-0.3, -0.25) is 4.79 Å². The average molecular weight is 282 g/mol. The first kappa shape index (κ1) is 14.3. The highest BCUT2D eigenvalue weighted by molar-refractivity contribution is 5.73. The molecule has 0 aromatic rings. The summed E-state index contributed by atoms with van der Waals surface area (Å²) in [5.41, 5.74) is 0. The van der Waals surface area contributed by atoms with Gasteiger partial charge in [0.1, 0.15) is 0 Å². The molecule has 3 aliphatic rings. The number of hydrogen-bond donors (Lipinski definition) is 0. The lowest BCUT2D eigenvalue weighted by Gasteiger charge is -2.32. The Hall–Kier alpha value is -0.610. The molecular formula is C16H26O4. The molecule has 1 aliphatic carbocycles. The highest BCUT2D eigenvalue weighted by Gasteiger charge is 2.47. The molecule has 4 nitrogen and oxygen atoms in total. The molecule has 3 rings (SSSR count). The van der Waals surface area contributed by atoms with Gasteiger partial charge in [-0.05, 0) is 43.9 Å². The molecule has 20 heavy (non-hydrogen) atoms. The first-order valence-electron chi connectivity index (χ1n) is 7.98. The van der Waals surface area contributed by atoms with Crippen molar-refractivity contribution < 1.29 is 19.0 Å². The second-order valence-corrected chi connectivity index (χ2v) is 7.02. The fourth-order valence-electron chi connectivity index (χ4n) is 3.63. The van der Waals surface area contributed by atoms with E-state index in [1.54, 1.807) is 0 Å². The maximum atomic E-state index is 12.3. The molecule has 0 unspecified atom stereocenters. The summed E-state index contributed by atoms with van der Waals surface area (Å²) in [6.45, 7) is 7.57. The van der Waals surface area contributed by atoms with Crippen LogP contribution in [-0.4, -0.2) is 37.5 Å². The Morgan fingerprint density at radius 3 is 2.65 bits per heavy atom. The molecule has 1 saturated carbocycles. The topological polar surface area (TPSA) is 48.1 Å². The zero-order valence-corrected chi connectivity index (χ0v) is 12.7. The van der Waals surface area contributed by atoms with Crippen molar-refractivity contribution in [1.29, 1.82) is 0 Å². The van der Waals surface area contributed by atoms with E-state index in [0.29, 0.717) is 37.3 Å². The van der Waals surface area contributed by atoms with Gasteiger partial charge in [-0.15, -0.1) is 0 Å². The summed E-state index contributed by atoms with van der Waals surface area (Å²) in [7, 11) is 0. The van der Waals surface area contributed by atoms with E-state index < -0.39 is 0 Å². The number of fused-ring (bicyclic) bond motifs is 1. The highest BCUT2D eigenvalue weighted by Crippen LogP contribution is 2.42. The molecule has 4 heteroatoms. The summed E-state index contributed by atoms with van der Waals surface area (Å²) >= 11 is 0. The third-order valence-electron chi connectivity index (χ3n) is 5.29. The zero-order chi connectivity index (χ0) is 14.3. The molecular weight excluding hydrogens is 256 g/mol. The Bertz CT molecular complexity index is 369. The van der Waals surface area contributed by atoms with Gasteiger partial charge in [0.15, 0.2) is 0 Å². The SMILES string of the molecule is C[C@@H]1C[C@@H](C(=O)OC[C@H]2C[C@H]3O[C@H]3C[C@H]2C)[C@@H](C)CO1. The van der Waals surface area contributed by atoms with Crippen molar-refractivity contribution >= 4 is 5.97 Å². The average Bonchev–Trinajstić information content (AvgIpc) is 3.16. The fourth-order valence-corrected chi connectivity index (χ4v) is 3.63. The molecule has 0 aromatic heterocycles. The van der Waals surface area contributed by atoms with Crippen molar-refractivity contribution in [1.82, 2.24) is 0 Å². The predicted molar refractivity (Wildman–Crippen MR) is 74.2 cm³/mol. The van der Waals surface area contributed by atoms with Crippen LogP contribution in [0, 0.1) is 23.7 Å². The number of rotatable bonds is 3. The molecule has 114 valence electrons. The molecule has 3 fully saturated rings. The van der Waals surface area contributed by atoms with Gasteiger partial charge in [-0.1, -0.05) is 13.8 Å². The summed E-state index contributed by atoms with van der Waals surface area (Å²) in [6.07, 6.45) is 4.06. The van der Waals surface area contributed by atoms with E-state index in [1.165, 1.54) is 0 Å². The quantitative estimate of drug-likeness (QED) is 0.589. The summed E-state index contributed by atoms with van der Waals surface area (Å²) in [4.78, 5) is 12.3. The molecule has 0 amide bonds. The van der Waals surface area contributed by atoms with E-state index in [2.05, 4.69) is 13.8 Å². The zero-order valence-electron chi connectivity index (χ0n) is 12.7. The third kappa shape index (κ3) is 3.01. The Labute approximate surface area is 121 Å². The number of ether oxygens (including phenoxy) is 3. The van der Waals surface area contributed by atoms with Gasteiger partial charge >= 0.3 is 5.97 Å². The van der Waals surface area contributed by atoms with E-state index in [-0.39, 0.29) is 23.9 Å². The smallest absolute Gasteiger partial charge is 0.309 e. The second kappa shape index (κ2) is 5.64. The minimum absolute atomic E-state index is 0.00238. The number of carbonyl (C=O) groups is 1. The Morgan fingerprint density at radius 2 is 1.85 bits per heavy atom. The number of epoxide rings is 1. The van der Waals surface area contributed by atoms with E-state index >= 15 is 0 Å². The van der Waals surface area contributed by atoms with Crippen molar-refractivity contribution in [3.05, 3.63) is 0 Å². The number of carbonyl (C=O) groups excluding carboxylic acids is 1. The Kier molecular flexibility index (Phi) is 4.04. The van der Waals surface area contributed by atoms with Crippen LogP contribution in [0.3, 0.4) is 0 Å². The molecule has 2 heterocycles. The molecule has 2 aliphatic heterocycles. The third-order valence-corrected chi connectivity index (χ3v) is 5.29. The number of esters is 1. The normalized spacial score (nSPS) is 47.5. The maximum Gasteiger partial charge on any atom is 0.309 e. The Morgan fingerprint density at radius 1 is 1.10 bits per heavy atom. The van der Waals surface area contributed by atoms with Crippen LogP contribution in [0.2, 0.25) is 0 Å². The van der Waals surface area contributed by atoms with Crippen molar-refractivity contribution in [2.75, 3.05) is 13.2 Å². The minimum Gasteiger partial charge on any atom is -0.465 e. The van der Waals surface area contributed by atoms with Crippen LogP contribution in [0.1, 0.15) is 40.0 Å². The van der Waals surface area contributed by atoms with Crippen molar-refractivity contribution in [2.24, 2.45) is 23.7 Å². The van der Waals surface area contributed by atoms with E-state index in [4.69, 9.17) is 14.2 Å². The van der Waals surface area contributed by atoms with Gasteiger partial charge in [0.25, 0.3) is 0 Å². The van der Waals surface area contributed by atoms with Crippen molar-refractivity contribution in [3.8, 4) is 0 Å². The molecule has 0 bridgehead atoms. The van der Waals surface area contributed by atoms with Crippen LogP contribution in [-0.2, 0) is 19.0 Å². The van der Waals surface area contributed by atoms with Crippen LogP contribution in [0.15, 0.2) is 0 Å². The highest BCUT2D eigenvalue weighted by atomic mass is 16.6. The van der Waals surface area contributed by atoms with Crippen LogP contribution >= 0.6 is 0 Å². The van der Waals surface area contributed by atoms with Gasteiger partial charge in [0.2, 0.25) is 0 Å². The first-order chi connectivity index (χ1) is 9.54. The summed E-state index contributed by atoms with van der Waals surface area (Å²) in [5, 5.41) is 0.